The fourth-order valence-corrected chi connectivity index (χ4v) is 2.22. The van der Waals surface area contributed by atoms with E-state index in [1.54, 1.807) is 0 Å². The first-order chi connectivity index (χ1) is 7.52. The molecule has 1 aliphatic rings. The van der Waals surface area contributed by atoms with E-state index in [-0.39, 0.29) is 12.0 Å². The van der Waals surface area contributed by atoms with Crippen molar-refractivity contribution in [2.45, 2.75) is 52.6 Å². The molecule has 16 heavy (non-hydrogen) atoms. The molecule has 0 aromatic heterocycles. The molecular formula is C13H25NO2. The molecule has 0 aromatic carbocycles. The predicted octanol–water partition coefficient (Wildman–Crippen LogP) is 2.00. The molecule has 1 rings (SSSR count). The first kappa shape index (κ1) is 13.7. The van der Waals surface area contributed by atoms with E-state index in [1.807, 2.05) is 13.8 Å². The van der Waals surface area contributed by atoms with Crippen molar-refractivity contribution >= 4 is 5.78 Å². The molecule has 1 unspecified atom stereocenters. The molecule has 0 amide bonds. The Morgan fingerprint density at radius 3 is 2.19 bits per heavy atom. The second kappa shape index (κ2) is 6.36. The van der Waals surface area contributed by atoms with Crippen LogP contribution in [0.15, 0.2) is 0 Å². The smallest absolute Gasteiger partial charge is 0.152 e. The van der Waals surface area contributed by atoms with Crippen molar-refractivity contribution in [3.8, 4) is 0 Å². The van der Waals surface area contributed by atoms with Crippen LogP contribution in [0.5, 0.6) is 0 Å². The van der Waals surface area contributed by atoms with Gasteiger partial charge in [-0.3, -0.25) is 4.79 Å². The Kier molecular flexibility index (Phi) is 5.42. The number of carbonyl (C=O) groups excluding carboxylic acids is 1. The number of carbonyl (C=O) groups is 1. The van der Waals surface area contributed by atoms with Gasteiger partial charge in [0.05, 0.1) is 6.04 Å². The molecule has 0 aromatic rings. The largest absolute Gasteiger partial charge is 0.381 e. The van der Waals surface area contributed by atoms with Crippen LogP contribution in [0.4, 0.5) is 0 Å². The van der Waals surface area contributed by atoms with Crippen LogP contribution in [0.25, 0.3) is 0 Å². The molecular weight excluding hydrogens is 202 g/mol. The third kappa shape index (κ3) is 3.87. The van der Waals surface area contributed by atoms with Gasteiger partial charge in [-0.1, -0.05) is 27.7 Å². The highest BCUT2D eigenvalue weighted by molar-refractivity contribution is 5.86. The molecule has 0 bridgehead atoms. The van der Waals surface area contributed by atoms with Gasteiger partial charge < -0.3 is 10.1 Å². The van der Waals surface area contributed by atoms with E-state index in [0.29, 0.717) is 17.7 Å². The minimum atomic E-state index is 0.0175. The highest BCUT2D eigenvalue weighted by Gasteiger charge is 2.31. The van der Waals surface area contributed by atoms with Gasteiger partial charge in [-0.2, -0.15) is 0 Å². The first-order valence-corrected chi connectivity index (χ1v) is 6.40. The summed E-state index contributed by atoms with van der Waals surface area (Å²) in [6.45, 7) is 9.76. The van der Waals surface area contributed by atoms with Crippen LogP contribution in [0, 0.1) is 11.8 Å². The van der Waals surface area contributed by atoms with Crippen molar-refractivity contribution in [2.75, 3.05) is 13.2 Å². The number of hydrogen-bond acceptors (Lipinski definition) is 3. The lowest BCUT2D eigenvalue weighted by atomic mass is 9.85. The number of nitrogens with one attached hydrogen (secondary N) is 1. The number of rotatable bonds is 5. The summed E-state index contributed by atoms with van der Waals surface area (Å²) in [6.07, 6.45) is 2.01. The van der Waals surface area contributed by atoms with E-state index in [1.165, 1.54) is 0 Å². The molecule has 1 aliphatic heterocycles. The summed E-state index contributed by atoms with van der Waals surface area (Å²) in [7, 11) is 0. The maximum atomic E-state index is 12.2. The topological polar surface area (TPSA) is 38.3 Å². The van der Waals surface area contributed by atoms with Crippen LogP contribution < -0.4 is 5.32 Å². The van der Waals surface area contributed by atoms with Crippen molar-refractivity contribution < 1.29 is 9.53 Å². The first-order valence-electron chi connectivity index (χ1n) is 6.40. The van der Waals surface area contributed by atoms with Crippen molar-refractivity contribution in [1.29, 1.82) is 0 Å². The number of ether oxygens (including phenoxy) is 1. The average molecular weight is 227 g/mol. The third-order valence-electron chi connectivity index (χ3n) is 3.13. The molecule has 94 valence electrons. The van der Waals surface area contributed by atoms with Gasteiger partial charge in [0.2, 0.25) is 0 Å². The predicted molar refractivity (Wildman–Crippen MR) is 65.4 cm³/mol. The summed E-state index contributed by atoms with van der Waals surface area (Å²) in [5.74, 6) is 0.908. The van der Waals surface area contributed by atoms with Gasteiger partial charge in [0.25, 0.3) is 0 Å². The molecule has 1 N–H and O–H groups in total. The summed E-state index contributed by atoms with van der Waals surface area (Å²) in [4.78, 5) is 12.2. The van der Waals surface area contributed by atoms with Gasteiger partial charge in [0.1, 0.15) is 0 Å². The van der Waals surface area contributed by atoms with Gasteiger partial charge in [0.15, 0.2) is 5.78 Å². The molecule has 1 atom stereocenters. The quantitative estimate of drug-likeness (QED) is 0.780. The Morgan fingerprint density at radius 2 is 1.75 bits per heavy atom. The van der Waals surface area contributed by atoms with Crippen molar-refractivity contribution in [3.05, 3.63) is 0 Å². The highest BCUT2D eigenvalue weighted by atomic mass is 16.5. The molecule has 1 saturated heterocycles. The summed E-state index contributed by atoms with van der Waals surface area (Å²) in [5, 5.41) is 3.43. The Hall–Kier alpha value is -0.410. The van der Waals surface area contributed by atoms with Crippen LogP contribution in [-0.2, 0) is 9.53 Å². The van der Waals surface area contributed by atoms with Gasteiger partial charge in [-0.15, -0.1) is 0 Å². The van der Waals surface area contributed by atoms with Crippen molar-refractivity contribution in [1.82, 2.24) is 5.32 Å². The zero-order chi connectivity index (χ0) is 12.1. The van der Waals surface area contributed by atoms with Crippen LogP contribution >= 0.6 is 0 Å². The van der Waals surface area contributed by atoms with Crippen LogP contribution in [0.2, 0.25) is 0 Å². The second-order valence-corrected chi connectivity index (χ2v) is 5.31. The minimum Gasteiger partial charge on any atom is -0.381 e. The maximum absolute atomic E-state index is 12.2. The maximum Gasteiger partial charge on any atom is 0.152 e. The number of Topliss-reactive ketones (excluding diaryl/α,β-unsaturated/α-hetero) is 1. The van der Waals surface area contributed by atoms with E-state index in [2.05, 4.69) is 19.2 Å². The lowest BCUT2D eigenvalue weighted by molar-refractivity contribution is -0.126. The SMILES string of the molecule is CC(C)NC(C(=O)C(C)C)C1CCOCC1. The molecule has 0 aliphatic carbocycles. The zero-order valence-corrected chi connectivity index (χ0v) is 11.0. The van der Waals surface area contributed by atoms with Crippen molar-refractivity contribution in [2.24, 2.45) is 11.8 Å². The third-order valence-corrected chi connectivity index (χ3v) is 3.13. The Labute approximate surface area is 98.9 Å². The zero-order valence-electron chi connectivity index (χ0n) is 11.0. The summed E-state index contributed by atoms with van der Waals surface area (Å²) >= 11 is 0. The van der Waals surface area contributed by atoms with Crippen LogP contribution in [0.1, 0.15) is 40.5 Å². The number of hydrogen-bond donors (Lipinski definition) is 1. The lowest BCUT2D eigenvalue weighted by Crippen LogP contribution is -2.49. The minimum absolute atomic E-state index is 0.0175. The monoisotopic (exact) mass is 227 g/mol. The average Bonchev–Trinajstić information content (AvgIpc) is 2.26. The molecule has 0 radical (unpaired) electrons. The van der Waals surface area contributed by atoms with Gasteiger partial charge in [0, 0.05) is 25.2 Å². The van der Waals surface area contributed by atoms with E-state index in [4.69, 9.17) is 4.74 Å². The molecule has 1 heterocycles. The Morgan fingerprint density at radius 1 is 1.19 bits per heavy atom. The van der Waals surface area contributed by atoms with E-state index < -0.39 is 0 Å². The van der Waals surface area contributed by atoms with Gasteiger partial charge in [-0.05, 0) is 18.8 Å². The second-order valence-electron chi connectivity index (χ2n) is 5.31. The summed E-state index contributed by atoms with van der Waals surface area (Å²) in [5.41, 5.74) is 0. The van der Waals surface area contributed by atoms with E-state index in [9.17, 15) is 4.79 Å². The van der Waals surface area contributed by atoms with E-state index >= 15 is 0 Å². The lowest BCUT2D eigenvalue weighted by Gasteiger charge is -2.32. The fourth-order valence-electron chi connectivity index (χ4n) is 2.22. The molecule has 1 fully saturated rings. The van der Waals surface area contributed by atoms with E-state index in [0.717, 1.165) is 26.1 Å². The van der Waals surface area contributed by atoms with Crippen LogP contribution in [-0.4, -0.2) is 31.1 Å². The van der Waals surface area contributed by atoms with Gasteiger partial charge in [-0.25, -0.2) is 0 Å². The van der Waals surface area contributed by atoms with Gasteiger partial charge >= 0.3 is 0 Å². The standard InChI is InChI=1S/C13H25NO2/c1-9(2)13(15)12(14-10(3)4)11-5-7-16-8-6-11/h9-12,14H,5-8H2,1-4H3. The normalized spacial score (nSPS) is 20.4. The summed E-state index contributed by atoms with van der Waals surface area (Å²) < 4.78 is 5.36. The number of ketones is 1. The molecule has 0 spiro atoms. The molecule has 3 nitrogen and oxygen atoms in total. The molecule has 3 heteroatoms. The molecule has 0 saturated carbocycles. The fraction of sp³-hybridized carbons (Fsp3) is 0.923. The Balaban J connectivity index is 2.65. The van der Waals surface area contributed by atoms with Crippen LogP contribution in [0.3, 0.4) is 0 Å². The Bertz CT molecular complexity index is 220. The summed E-state index contributed by atoms with van der Waals surface area (Å²) in [6, 6.07) is 0.374. The highest BCUT2D eigenvalue weighted by Crippen LogP contribution is 2.21. The van der Waals surface area contributed by atoms with Crippen molar-refractivity contribution in [3.63, 3.8) is 0 Å².